The van der Waals surface area contributed by atoms with Gasteiger partial charge in [0.25, 0.3) is 5.56 Å². The summed E-state index contributed by atoms with van der Waals surface area (Å²) < 4.78 is 6.94. The lowest BCUT2D eigenvalue weighted by Crippen LogP contribution is -2.39. The Kier molecular flexibility index (Phi) is 8.42. The lowest BCUT2D eigenvalue weighted by atomic mass is 9.86. The molecule has 2 fully saturated rings. The van der Waals surface area contributed by atoms with E-state index in [1.54, 1.807) is 29.9 Å². The summed E-state index contributed by atoms with van der Waals surface area (Å²) in [7, 11) is 1.68. The number of ether oxygens (including phenoxy) is 1. The summed E-state index contributed by atoms with van der Waals surface area (Å²) in [6.07, 6.45) is 2.74. The molecule has 6 rings (SSSR count). The van der Waals surface area contributed by atoms with Gasteiger partial charge in [0, 0.05) is 42.3 Å². The van der Waals surface area contributed by atoms with Crippen molar-refractivity contribution in [1.29, 1.82) is 0 Å². The molecule has 3 aromatic carbocycles. The molecule has 2 unspecified atom stereocenters. The van der Waals surface area contributed by atoms with Crippen molar-refractivity contribution in [3.05, 3.63) is 88.2 Å². The molecular weight excluding hydrogens is 580 g/mol. The molecule has 2 saturated heterocycles. The zero-order valence-corrected chi connectivity index (χ0v) is 26.4. The highest BCUT2D eigenvalue weighted by Crippen LogP contribution is 2.42. The van der Waals surface area contributed by atoms with Gasteiger partial charge in [-0.2, -0.15) is 0 Å². The zero-order chi connectivity index (χ0) is 30.1. The second-order valence-electron chi connectivity index (χ2n) is 12.1. The second-order valence-corrected chi connectivity index (χ2v) is 13.8. The first-order valence-electron chi connectivity index (χ1n) is 14.9. The van der Waals surface area contributed by atoms with Crippen LogP contribution in [-0.2, 0) is 4.79 Å². The van der Waals surface area contributed by atoms with Gasteiger partial charge in [0.1, 0.15) is 5.75 Å². The highest BCUT2D eigenvalue weighted by molar-refractivity contribution is 8.00. The summed E-state index contributed by atoms with van der Waals surface area (Å²) in [5, 5.41) is 1.20. The summed E-state index contributed by atoms with van der Waals surface area (Å²) in [5.74, 6) is 1.27. The van der Waals surface area contributed by atoms with Gasteiger partial charge in [-0.05, 0) is 79.8 Å². The summed E-state index contributed by atoms with van der Waals surface area (Å²) in [6.45, 7) is 7.68. The fourth-order valence-electron chi connectivity index (χ4n) is 6.40. The number of likely N-dealkylation sites (tertiary alicyclic amines) is 1. The molecule has 9 heteroatoms. The molecular formula is C34H37ClN4O3S. The largest absolute Gasteiger partial charge is 0.497 e. The van der Waals surface area contributed by atoms with E-state index in [0.29, 0.717) is 39.1 Å². The van der Waals surface area contributed by atoms with Gasteiger partial charge < -0.3 is 14.5 Å². The van der Waals surface area contributed by atoms with Crippen LogP contribution in [0.5, 0.6) is 5.75 Å². The second kappa shape index (κ2) is 12.2. The van der Waals surface area contributed by atoms with E-state index in [9.17, 15) is 9.59 Å². The van der Waals surface area contributed by atoms with Crippen LogP contribution < -0.4 is 15.2 Å². The summed E-state index contributed by atoms with van der Waals surface area (Å²) >= 11 is 7.73. The smallest absolute Gasteiger partial charge is 0.266 e. The predicted molar refractivity (Wildman–Crippen MR) is 175 cm³/mol. The van der Waals surface area contributed by atoms with Crippen LogP contribution in [0.15, 0.2) is 82.7 Å². The number of hydrogen-bond donors (Lipinski definition) is 0. The zero-order valence-electron chi connectivity index (χ0n) is 24.8. The minimum absolute atomic E-state index is 0.0900. The van der Waals surface area contributed by atoms with Crippen molar-refractivity contribution < 1.29 is 9.53 Å². The summed E-state index contributed by atoms with van der Waals surface area (Å²) in [5.41, 5.74) is 2.37. The summed E-state index contributed by atoms with van der Waals surface area (Å²) in [4.78, 5) is 37.4. The maximum absolute atomic E-state index is 14.2. The van der Waals surface area contributed by atoms with Gasteiger partial charge in [-0.15, -0.1) is 0 Å². The number of halogens is 1. The molecule has 1 aromatic heterocycles. The molecule has 4 aromatic rings. The molecule has 43 heavy (non-hydrogen) atoms. The molecule has 0 aliphatic carbocycles. The normalized spacial score (nSPS) is 19.1. The number of carbonyl (C=O) groups is 1. The molecule has 1 spiro atoms. The van der Waals surface area contributed by atoms with Gasteiger partial charge in [-0.3, -0.25) is 14.2 Å². The topological polar surface area (TPSA) is 67.7 Å². The number of nitrogens with zero attached hydrogens (tertiary/aromatic N) is 4. The summed E-state index contributed by atoms with van der Waals surface area (Å²) in [6, 6.07) is 22.8. The van der Waals surface area contributed by atoms with Gasteiger partial charge >= 0.3 is 0 Å². The first-order valence-corrected chi connectivity index (χ1v) is 16.1. The molecule has 2 aliphatic heterocycles. The fraction of sp³-hybridized carbons (Fsp3) is 0.382. The fourth-order valence-corrected chi connectivity index (χ4v) is 8.01. The highest BCUT2D eigenvalue weighted by atomic mass is 35.5. The number of aromatic nitrogens is 2. The third kappa shape index (κ3) is 6.13. The average Bonchev–Trinajstić information content (AvgIpc) is 3.63. The number of methoxy groups -OCH3 is 1. The van der Waals surface area contributed by atoms with Gasteiger partial charge in [0.15, 0.2) is 5.16 Å². The van der Waals surface area contributed by atoms with Gasteiger partial charge in [0.05, 0.1) is 29.0 Å². The molecule has 0 N–H and O–H groups in total. The third-order valence-corrected chi connectivity index (χ3v) is 10.0. The minimum atomic E-state index is -0.368. The lowest BCUT2D eigenvalue weighted by molar-refractivity contribution is -0.130. The van der Waals surface area contributed by atoms with Crippen molar-refractivity contribution in [2.75, 3.05) is 38.2 Å². The van der Waals surface area contributed by atoms with E-state index in [0.717, 1.165) is 44.8 Å². The number of benzene rings is 3. The quantitative estimate of drug-likeness (QED) is 0.162. The van der Waals surface area contributed by atoms with E-state index in [1.807, 2.05) is 42.5 Å². The Hall–Kier alpha value is -3.49. The van der Waals surface area contributed by atoms with Crippen molar-refractivity contribution in [2.24, 2.45) is 11.3 Å². The van der Waals surface area contributed by atoms with Gasteiger partial charge in [0.2, 0.25) is 5.91 Å². The van der Waals surface area contributed by atoms with E-state index in [-0.39, 0.29) is 22.1 Å². The number of amides is 1. The Balaban J connectivity index is 1.27. The van der Waals surface area contributed by atoms with Crippen LogP contribution in [-0.4, -0.2) is 58.9 Å². The monoisotopic (exact) mass is 616 g/mol. The van der Waals surface area contributed by atoms with Crippen molar-refractivity contribution in [3.8, 4) is 11.4 Å². The minimum Gasteiger partial charge on any atom is -0.497 e. The SMILES string of the molecule is COc1ccc(N2CCC3(CCN(C(=O)C(CC(C)C)Sc4nc5ccccc5c(=O)n4-c4cccc(Cl)c4)C3)C2)cc1. The first-order chi connectivity index (χ1) is 20.7. The number of carbonyl (C=O) groups excluding carboxylic acids is 1. The molecule has 2 aliphatic rings. The molecule has 7 nitrogen and oxygen atoms in total. The molecule has 2 atom stereocenters. The van der Waals surface area contributed by atoms with E-state index in [1.165, 1.54) is 17.4 Å². The molecule has 0 saturated carbocycles. The number of fused-ring (bicyclic) bond motifs is 1. The van der Waals surface area contributed by atoms with Crippen LogP contribution in [0.1, 0.15) is 33.1 Å². The van der Waals surface area contributed by atoms with Gasteiger partial charge in [-0.1, -0.05) is 55.4 Å². The third-order valence-electron chi connectivity index (χ3n) is 8.65. The molecule has 0 bridgehead atoms. The Bertz CT molecular complexity index is 1690. The number of anilines is 1. The van der Waals surface area contributed by atoms with E-state index in [2.05, 4.69) is 35.8 Å². The molecule has 224 valence electrons. The number of hydrogen-bond acceptors (Lipinski definition) is 6. The van der Waals surface area contributed by atoms with Crippen LogP contribution in [0.3, 0.4) is 0 Å². The maximum Gasteiger partial charge on any atom is 0.266 e. The van der Waals surface area contributed by atoms with Crippen LogP contribution in [0.2, 0.25) is 5.02 Å². The standard InChI is InChI=1S/C34H37ClN4O3S/c1-23(2)19-30(32(41)38-18-16-34(22-38)15-17-37(21-34)25-11-13-27(42-3)14-12-25)43-33-36-29-10-5-4-9-28(29)31(40)39(33)26-8-6-7-24(35)20-26/h4-14,20,23,30H,15-19,21-22H2,1-3H3. The first kappa shape index (κ1) is 29.6. The number of para-hydroxylation sites is 1. The highest BCUT2D eigenvalue weighted by Gasteiger charge is 2.46. The molecule has 1 amide bonds. The number of thioether (sulfide) groups is 1. The van der Waals surface area contributed by atoms with Crippen LogP contribution >= 0.6 is 23.4 Å². The maximum atomic E-state index is 14.2. The molecule has 3 heterocycles. The van der Waals surface area contributed by atoms with E-state index >= 15 is 0 Å². The van der Waals surface area contributed by atoms with Crippen LogP contribution in [0.25, 0.3) is 16.6 Å². The van der Waals surface area contributed by atoms with Gasteiger partial charge in [-0.25, -0.2) is 4.98 Å². The predicted octanol–water partition coefficient (Wildman–Crippen LogP) is 6.68. The Morgan fingerprint density at radius 1 is 1.00 bits per heavy atom. The Morgan fingerprint density at radius 2 is 1.77 bits per heavy atom. The van der Waals surface area contributed by atoms with Crippen molar-refractivity contribution in [1.82, 2.24) is 14.5 Å². The lowest BCUT2D eigenvalue weighted by Gasteiger charge is -2.28. The van der Waals surface area contributed by atoms with E-state index < -0.39 is 0 Å². The molecule has 0 radical (unpaired) electrons. The number of rotatable bonds is 8. The van der Waals surface area contributed by atoms with Crippen molar-refractivity contribution in [2.45, 2.75) is 43.5 Å². The Morgan fingerprint density at radius 3 is 2.51 bits per heavy atom. The van der Waals surface area contributed by atoms with Crippen molar-refractivity contribution >= 4 is 45.9 Å². The average molecular weight is 617 g/mol. The van der Waals surface area contributed by atoms with Crippen molar-refractivity contribution in [3.63, 3.8) is 0 Å². The Labute approximate surface area is 261 Å². The van der Waals surface area contributed by atoms with E-state index in [4.69, 9.17) is 21.3 Å². The van der Waals surface area contributed by atoms with Crippen LogP contribution in [0, 0.1) is 11.3 Å². The van der Waals surface area contributed by atoms with Crippen LogP contribution in [0.4, 0.5) is 5.69 Å².